The number of aliphatic carboxylic acids is 1. The summed E-state index contributed by atoms with van der Waals surface area (Å²) in [7, 11) is 0. The highest BCUT2D eigenvalue weighted by atomic mass is 17.2. The zero-order valence-corrected chi connectivity index (χ0v) is 5.58. The van der Waals surface area contributed by atoms with Crippen LogP contribution in [0.15, 0.2) is 12.7 Å². The Balaban J connectivity index is 0.000000162. The minimum Gasteiger partial charge on any atom is -0.478 e. The van der Waals surface area contributed by atoms with Gasteiger partial charge in [-0.2, -0.15) is 0 Å². The fourth-order valence-electron chi connectivity index (χ4n) is 0.295. The Kier molecular flexibility index (Phi) is 5.71. The van der Waals surface area contributed by atoms with Crippen molar-refractivity contribution >= 4 is 5.97 Å². The molecule has 4 nitrogen and oxygen atoms in total. The summed E-state index contributed by atoms with van der Waals surface area (Å²) in [5.74, 6) is -0.981. The summed E-state index contributed by atoms with van der Waals surface area (Å²) in [6.45, 7) is 4.52. The molecule has 1 aliphatic heterocycles. The van der Waals surface area contributed by atoms with Crippen molar-refractivity contribution in [3.05, 3.63) is 12.7 Å². The van der Waals surface area contributed by atoms with E-state index < -0.39 is 5.97 Å². The highest BCUT2D eigenvalue weighted by molar-refractivity contribution is 5.78. The van der Waals surface area contributed by atoms with Gasteiger partial charge < -0.3 is 5.11 Å². The van der Waals surface area contributed by atoms with E-state index in [-0.39, 0.29) is 0 Å². The van der Waals surface area contributed by atoms with Crippen molar-refractivity contribution in [2.24, 2.45) is 0 Å². The summed E-state index contributed by atoms with van der Waals surface area (Å²) in [6.07, 6.45) is 1.89. The zero-order chi connectivity index (χ0) is 7.82. The van der Waals surface area contributed by atoms with E-state index in [0.717, 1.165) is 25.7 Å². The summed E-state index contributed by atoms with van der Waals surface area (Å²) >= 11 is 0. The summed E-state index contributed by atoms with van der Waals surface area (Å²) in [5.41, 5.74) is 0. The quantitative estimate of drug-likeness (QED) is 0.434. The van der Waals surface area contributed by atoms with E-state index in [1.807, 2.05) is 0 Å². The lowest BCUT2D eigenvalue weighted by atomic mass is 10.5. The Morgan fingerprint density at radius 3 is 2.00 bits per heavy atom. The first-order valence-electron chi connectivity index (χ1n) is 2.87. The number of rotatable bonds is 1. The van der Waals surface area contributed by atoms with Crippen LogP contribution in [0.1, 0.15) is 6.42 Å². The third-order valence-corrected chi connectivity index (χ3v) is 0.713. The van der Waals surface area contributed by atoms with Crippen molar-refractivity contribution in [3.8, 4) is 0 Å². The van der Waals surface area contributed by atoms with E-state index in [1.54, 1.807) is 0 Å². The second-order valence-corrected chi connectivity index (χ2v) is 1.54. The zero-order valence-electron chi connectivity index (χ0n) is 5.58. The average Bonchev–Trinajstić information content (AvgIpc) is 2.43. The highest BCUT2D eigenvalue weighted by Crippen LogP contribution is 1.93. The molecule has 0 aromatic carbocycles. The molecule has 1 heterocycles. The molecule has 58 valence electrons. The van der Waals surface area contributed by atoms with Crippen molar-refractivity contribution < 1.29 is 19.7 Å². The molecule has 0 unspecified atom stereocenters. The fourth-order valence-corrected chi connectivity index (χ4v) is 0.295. The van der Waals surface area contributed by atoms with E-state index in [9.17, 15) is 4.79 Å². The van der Waals surface area contributed by atoms with E-state index in [4.69, 9.17) is 5.11 Å². The molecule has 0 aliphatic carbocycles. The Bertz CT molecular complexity index is 98.7. The summed E-state index contributed by atoms with van der Waals surface area (Å²) in [4.78, 5) is 18.1. The van der Waals surface area contributed by atoms with Crippen molar-refractivity contribution in [3.63, 3.8) is 0 Å². The van der Waals surface area contributed by atoms with Crippen LogP contribution in [0.25, 0.3) is 0 Å². The Morgan fingerprint density at radius 2 is 1.90 bits per heavy atom. The van der Waals surface area contributed by atoms with Crippen molar-refractivity contribution in [1.29, 1.82) is 0 Å². The van der Waals surface area contributed by atoms with Gasteiger partial charge >= 0.3 is 5.97 Å². The van der Waals surface area contributed by atoms with Gasteiger partial charge in [-0.3, -0.25) is 0 Å². The van der Waals surface area contributed by atoms with Gasteiger partial charge in [-0.1, -0.05) is 6.58 Å². The third-order valence-electron chi connectivity index (χ3n) is 0.713. The van der Waals surface area contributed by atoms with Gasteiger partial charge in [0, 0.05) is 12.5 Å². The monoisotopic (exact) mass is 146 g/mol. The molecule has 0 radical (unpaired) electrons. The van der Waals surface area contributed by atoms with Gasteiger partial charge in [0.05, 0.1) is 13.2 Å². The second kappa shape index (κ2) is 6.25. The smallest absolute Gasteiger partial charge is 0.327 e. The van der Waals surface area contributed by atoms with E-state index in [0.29, 0.717) is 0 Å². The van der Waals surface area contributed by atoms with Crippen LogP contribution in [0.2, 0.25) is 0 Å². The molecule has 0 aromatic rings. The molecule has 10 heavy (non-hydrogen) atoms. The molecule has 1 N–H and O–H groups in total. The normalized spacial score (nSPS) is 15.2. The van der Waals surface area contributed by atoms with Gasteiger partial charge in [0.1, 0.15) is 0 Å². The molecule has 0 saturated carbocycles. The minimum atomic E-state index is -0.981. The topological polar surface area (TPSA) is 55.8 Å². The van der Waals surface area contributed by atoms with Crippen molar-refractivity contribution in [2.45, 2.75) is 6.42 Å². The number of carbonyl (C=O) groups is 1. The predicted molar refractivity (Wildman–Crippen MR) is 34.4 cm³/mol. The standard InChI is InChI=1S/C3H6O2.C3H4O2/c1-2-4-5-3-1;1-2-3(4)5/h1-3H2;2H,1H2,(H,4,5). The van der Waals surface area contributed by atoms with E-state index in [1.165, 1.54) is 0 Å². The van der Waals surface area contributed by atoms with Crippen LogP contribution >= 0.6 is 0 Å². The second-order valence-electron chi connectivity index (χ2n) is 1.54. The maximum Gasteiger partial charge on any atom is 0.327 e. The molecule has 0 aromatic heterocycles. The third kappa shape index (κ3) is 7.13. The van der Waals surface area contributed by atoms with Crippen LogP contribution in [0, 0.1) is 0 Å². The molecule has 1 aliphatic rings. The van der Waals surface area contributed by atoms with Crippen LogP contribution < -0.4 is 0 Å². The molecule has 4 heteroatoms. The van der Waals surface area contributed by atoms with E-state index >= 15 is 0 Å². The van der Waals surface area contributed by atoms with Gasteiger partial charge in [0.15, 0.2) is 0 Å². The summed E-state index contributed by atoms with van der Waals surface area (Å²) in [5, 5.41) is 7.60. The van der Waals surface area contributed by atoms with Crippen LogP contribution in [-0.2, 0) is 14.6 Å². The molecular formula is C6H10O4. The summed E-state index contributed by atoms with van der Waals surface area (Å²) < 4.78 is 0. The average molecular weight is 146 g/mol. The molecular weight excluding hydrogens is 136 g/mol. The molecule has 1 fully saturated rings. The molecule has 0 amide bonds. The SMILES string of the molecule is C1COOC1.C=CC(=O)O. The van der Waals surface area contributed by atoms with Gasteiger partial charge in [-0.25, -0.2) is 14.6 Å². The minimum absolute atomic E-state index is 0.778. The Hall–Kier alpha value is -0.870. The van der Waals surface area contributed by atoms with Crippen LogP contribution in [0.5, 0.6) is 0 Å². The van der Waals surface area contributed by atoms with Gasteiger partial charge in [0.25, 0.3) is 0 Å². The molecule has 0 bridgehead atoms. The molecule has 1 rings (SSSR count). The number of hydrogen-bond donors (Lipinski definition) is 1. The van der Waals surface area contributed by atoms with Gasteiger partial charge in [-0.15, -0.1) is 0 Å². The van der Waals surface area contributed by atoms with Crippen LogP contribution in [0.4, 0.5) is 0 Å². The largest absolute Gasteiger partial charge is 0.478 e. The van der Waals surface area contributed by atoms with Crippen molar-refractivity contribution in [1.82, 2.24) is 0 Å². The van der Waals surface area contributed by atoms with Crippen LogP contribution in [-0.4, -0.2) is 24.3 Å². The lowest BCUT2D eigenvalue weighted by Gasteiger charge is -1.77. The highest BCUT2D eigenvalue weighted by Gasteiger charge is 1.95. The first-order chi connectivity index (χ1) is 4.77. The maximum absolute atomic E-state index is 9.25. The van der Waals surface area contributed by atoms with Gasteiger partial charge in [-0.05, 0) is 0 Å². The number of carboxylic acid groups (broad SMARTS) is 1. The Labute approximate surface area is 59.0 Å². The lowest BCUT2D eigenvalue weighted by molar-refractivity contribution is -0.248. The molecule has 0 atom stereocenters. The fraction of sp³-hybridized carbons (Fsp3) is 0.500. The molecule has 1 saturated heterocycles. The maximum atomic E-state index is 9.25. The number of hydrogen-bond acceptors (Lipinski definition) is 3. The first-order valence-corrected chi connectivity index (χ1v) is 2.87. The van der Waals surface area contributed by atoms with E-state index in [2.05, 4.69) is 16.4 Å². The summed E-state index contributed by atoms with van der Waals surface area (Å²) in [6, 6.07) is 0. The van der Waals surface area contributed by atoms with Crippen molar-refractivity contribution in [2.75, 3.05) is 13.2 Å². The van der Waals surface area contributed by atoms with Crippen LogP contribution in [0.3, 0.4) is 0 Å². The lowest BCUT2D eigenvalue weighted by Crippen LogP contribution is -1.82. The number of carboxylic acids is 1. The first kappa shape index (κ1) is 9.13. The van der Waals surface area contributed by atoms with Gasteiger partial charge in [0.2, 0.25) is 0 Å². The Morgan fingerprint density at radius 1 is 1.50 bits per heavy atom. The molecule has 0 spiro atoms. The predicted octanol–water partition coefficient (Wildman–Crippen LogP) is 0.595.